The second-order valence-corrected chi connectivity index (χ2v) is 6.52. The topological polar surface area (TPSA) is 78.6 Å². The van der Waals surface area contributed by atoms with Crippen LogP contribution in [0.15, 0.2) is 53.4 Å². The largest absolute Gasteiger partial charge is 0.497 e. The maximum atomic E-state index is 12.2. The average molecular weight is 307 g/mol. The van der Waals surface area contributed by atoms with E-state index in [0.29, 0.717) is 17.2 Å². The maximum absolute atomic E-state index is 12.2. The number of methoxy groups -OCH3 is 1. The van der Waals surface area contributed by atoms with Gasteiger partial charge in [-0.15, -0.1) is 0 Å². The summed E-state index contributed by atoms with van der Waals surface area (Å²) in [4.78, 5) is 0.225. The second-order valence-electron chi connectivity index (χ2n) is 4.42. The fraction of sp³-hybridized carbons (Fsp3) is 0.200. The van der Waals surface area contributed by atoms with Crippen molar-refractivity contribution in [3.05, 3.63) is 48.5 Å². The van der Waals surface area contributed by atoms with E-state index in [1.165, 1.54) is 13.2 Å². The fourth-order valence-electron chi connectivity index (χ4n) is 1.75. The Balaban J connectivity index is 1.99. The lowest BCUT2D eigenvalue weighted by atomic mass is 10.3. The van der Waals surface area contributed by atoms with Crippen LogP contribution < -0.4 is 15.2 Å². The Morgan fingerprint density at radius 2 is 1.76 bits per heavy atom. The van der Waals surface area contributed by atoms with E-state index in [0.717, 1.165) is 0 Å². The van der Waals surface area contributed by atoms with Crippen molar-refractivity contribution in [2.75, 3.05) is 25.2 Å². The first kappa shape index (κ1) is 15.2. The predicted molar refractivity (Wildman–Crippen MR) is 81.4 cm³/mol. The highest BCUT2D eigenvalue weighted by Gasteiger charge is 2.15. The third-order valence-corrected chi connectivity index (χ3v) is 4.58. The van der Waals surface area contributed by atoms with Gasteiger partial charge in [0.25, 0.3) is 0 Å². The summed E-state index contributed by atoms with van der Waals surface area (Å²) in [5.41, 5.74) is 6.20. The molecule has 0 amide bonds. The number of nitrogens with two attached hydrogens (primary N) is 1. The minimum Gasteiger partial charge on any atom is -0.497 e. The molecule has 2 aromatic carbocycles. The van der Waals surface area contributed by atoms with Gasteiger partial charge in [0.1, 0.15) is 18.1 Å². The Kier molecular flexibility index (Phi) is 4.70. The molecule has 0 aliphatic heterocycles. The Bertz CT molecular complexity index is 696. The molecule has 2 rings (SSSR count). The van der Waals surface area contributed by atoms with E-state index in [2.05, 4.69) is 0 Å². The molecule has 0 aromatic heterocycles. The lowest BCUT2D eigenvalue weighted by molar-refractivity contribution is 0.341. The van der Waals surface area contributed by atoms with Crippen molar-refractivity contribution in [1.29, 1.82) is 0 Å². The summed E-state index contributed by atoms with van der Waals surface area (Å²) in [7, 11) is -1.90. The van der Waals surface area contributed by atoms with E-state index in [1.54, 1.807) is 42.5 Å². The lowest BCUT2D eigenvalue weighted by Crippen LogP contribution is -2.14. The summed E-state index contributed by atoms with van der Waals surface area (Å²) in [6.07, 6.45) is 0. The van der Waals surface area contributed by atoms with Gasteiger partial charge in [-0.3, -0.25) is 0 Å². The number of hydrogen-bond acceptors (Lipinski definition) is 5. The van der Waals surface area contributed by atoms with Crippen LogP contribution in [-0.4, -0.2) is 27.9 Å². The van der Waals surface area contributed by atoms with Gasteiger partial charge in [0.15, 0.2) is 9.84 Å². The van der Waals surface area contributed by atoms with Crippen LogP contribution in [0.4, 0.5) is 5.69 Å². The number of ether oxygens (including phenoxy) is 2. The molecule has 6 heteroatoms. The van der Waals surface area contributed by atoms with E-state index < -0.39 is 9.84 Å². The molecule has 0 spiro atoms. The van der Waals surface area contributed by atoms with Crippen LogP contribution >= 0.6 is 0 Å². The standard InChI is InChI=1S/C15H17NO4S/c1-19-14-3-2-4-15(11-14)21(17,18)10-9-20-13-7-5-12(16)6-8-13/h2-8,11H,9-10,16H2,1H3. The Hall–Kier alpha value is -2.21. The molecular weight excluding hydrogens is 290 g/mol. The first-order chi connectivity index (χ1) is 10.0. The van der Waals surface area contributed by atoms with Crippen molar-refractivity contribution in [3.8, 4) is 11.5 Å². The van der Waals surface area contributed by atoms with Gasteiger partial charge in [0.05, 0.1) is 17.8 Å². The molecular formula is C15H17NO4S. The third kappa shape index (κ3) is 4.13. The van der Waals surface area contributed by atoms with Crippen LogP contribution in [0.1, 0.15) is 0 Å². The Morgan fingerprint density at radius 3 is 2.43 bits per heavy atom. The second kappa shape index (κ2) is 6.49. The van der Waals surface area contributed by atoms with E-state index in [9.17, 15) is 8.42 Å². The van der Waals surface area contributed by atoms with Gasteiger partial charge < -0.3 is 15.2 Å². The molecule has 112 valence electrons. The third-order valence-electron chi connectivity index (χ3n) is 2.90. The molecule has 0 radical (unpaired) electrons. The molecule has 5 nitrogen and oxygen atoms in total. The van der Waals surface area contributed by atoms with Crippen LogP contribution in [0.5, 0.6) is 11.5 Å². The molecule has 0 aliphatic rings. The molecule has 0 fully saturated rings. The minimum atomic E-state index is -3.40. The number of hydrogen-bond donors (Lipinski definition) is 1. The predicted octanol–water partition coefficient (Wildman–Crippen LogP) is 2.13. The molecule has 0 bridgehead atoms. The number of nitrogen functional groups attached to an aromatic ring is 1. The molecule has 21 heavy (non-hydrogen) atoms. The molecule has 0 unspecified atom stereocenters. The van der Waals surface area contributed by atoms with Crippen molar-refractivity contribution in [2.45, 2.75) is 4.90 Å². The van der Waals surface area contributed by atoms with Crippen LogP contribution in [-0.2, 0) is 9.84 Å². The summed E-state index contributed by atoms with van der Waals surface area (Å²) in [6.45, 7) is 0.0729. The van der Waals surface area contributed by atoms with Crippen LogP contribution in [0.25, 0.3) is 0 Å². The van der Waals surface area contributed by atoms with Crippen LogP contribution in [0, 0.1) is 0 Å². The number of anilines is 1. The number of benzene rings is 2. The summed E-state index contributed by atoms with van der Waals surface area (Å²) in [5.74, 6) is 0.991. The summed E-state index contributed by atoms with van der Waals surface area (Å²) >= 11 is 0. The maximum Gasteiger partial charge on any atom is 0.181 e. The molecule has 0 aliphatic carbocycles. The van der Waals surface area contributed by atoms with Gasteiger partial charge in [0, 0.05) is 5.69 Å². The SMILES string of the molecule is COc1cccc(S(=O)(=O)CCOc2ccc(N)cc2)c1. The summed E-state index contributed by atoms with van der Waals surface area (Å²) < 4.78 is 34.8. The normalized spacial score (nSPS) is 11.1. The van der Waals surface area contributed by atoms with Crippen molar-refractivity contribution in [2.24, 2.45) is 0 Å². The van der Waals surface area contributed by atoms with E-state index in [1.807, 2.05) is 0 Å². The zero-order valence-electron chi connectivity index (χ0n) is 11.7. The zero-order valence-corrected chi connectivity index (χ0v) is 12.5. The zero-order chi connectivity index (χ0) is 15.3. The van der Waals surface area contributed by atoms with Gasteiger partial charge in [-0.05, 0) is 42.5 Å². The number of rotatable bonds is 6. The van der Waals surface area contributed by atoms with Crippen molar-refractivity contribution >= 4 is 15.5 Å². The van der Waals surface area contributed by atoms with Gasteiger partial charge >= 0.3 is 0 Å². The first-order valence-electron chi connectivity index (χ1n) is 6.36. The Labute approximate surface area is 124 Å². The molecule has 2 aromatic rings. The first-order valence-corrected chi connectivity index (χ1v) is 8.01. The quantitative estimate of drug-likeness (QED) is 0.827. The number of sulfone groups is 1. The smallest absolute Gasteiger partial charge is 0.181 e. The monoisotopic (exact) mass is 307 g/mol. The highest BCUT2D eigenvalue weighted by atomic mass is 32.2. The highest BCUT2D eigenvalue weighted by molar-refractivity contribution is 7.91. The van der Waals surface area contributed by atoms with Gasteiger partial charge in [-0.2, -0.15) is 0 Å². The van der Waals surface area contributed by atoms with Crippen LogP contribution in [0.2, 0.25) is 0 Å². The fourth-order valence-corrected chi connectivity index (χ4v) is 2.87. The lowest BCUT2D eigenvalue weighted by Gasteiger charge is -2.08. The molecule has 0 saturated carbocycles. The Morgan fingerprint density at radius 1 is 1.05 bits per heavy atom. The van der Waals surface area contributed by atoms with E-state index in [4.69, 9.17) is 15.2 Å². The molecule has 0 heterocycles. The summed E-state index contributed by atoms with van der Waals surface area (Å²) in [5, 5.41) is 0. The van der Waals surface area contributed by atoms with Gasteiger partial charge in [-0.25, -0.2) is 8.42 Å². The van der Waals surface area contributed by atoms with Crippen LogP contribution in [0.3, 0.4) is 0 Å². The van der Waals surface area contributed by atoms with E-state index >= 15 is 0 Å². The summed E-state index contributed by atoms with van der Waals surface area (Å²) in [6, 6.07) is 13.2. The van der Waals surface area contributed by atoms with Crippen molar-refractivity contribution in [3.63, 3.8) is 0 Å². The molecule has 0 atom stereocenters. The van der Waals surface area contributed by atoms with Gasteiger partial charge in [-0.1, -0.05) is 6.07 Å². The molecule has 0 saturated heterocycles. The highest BCUT2D eigenvalue weighted by Crippen LogP contribution is 2.19. The van der Waals surface area contributed by atoms with E-state index in [-0.39, 0.29) is 17.3 Å². The van der Waals surface area contributed by atoms with Crippen molar-refractivity contribution in [1.82, 2.24) is 0 Å². The average Bonchev–Trinajstić information content (AvgIpc) is 2.49. The molecule has 2 N–H and O–H groups in total. The minimum absolute atomic E-state index is 0.0729. The van der Waals surface area contributed by atoms with Gasteiger partial charge in [0.2, 0.25) is 0 Å². The van der Waals surface area contributed by atoms with Crippen molar-refractivity contribution < 1.29 is 17.9 Å².